The maximum atomic E-state index is 12.2. The van der Waals surface area contributed by atoms with Crippen LogP contribution in [0.3, 0.4) is 0 Å². The minimum Gasteiger partial charge on any atom is -0.319 e. The number of aromatic nitrogens is 2. The van der Waals surface area contributed by atoms with Crippen molar-refractivity contribution in [2.24, 2.45) is 0 Å². The summed E-state index contributed by atoms with van der Waals surface area (Å²) in [6, 6.07) is 14.2. The van der Waals surface area contributed by atoms with Crippen LogP contribution in [0.15, 0.2) is 60.9 Å². The molecule has 0 saturated heterocycles. The highest BCUT2D eigenvalue weighted by Gasteiger charge is 2.09. The lowest BCUT2D eigenvalue weighted by atomic mass is 10.2. The van der Waals surface area contributed by atoms with Gasteiger partial charge >= 0.3 is 0 Å². The Morgan fingerprint density at radius 2 is 1.52 bits per heavy atom. The molecule has 0 aliphatic rings. The summed E-state index contributed by atoms with van der Waals surface area (Å²) >= 11 is 11.8. The summed E-state index contributed by atoms with van der Waals surface area (Å²) in [5.41, 5.74) is 1.77. The number of nitrogens with zero attached hydrogens (tertiary/aromatic N) is 2. The summed E-state index contributed by atoms with van der Waals surface area (Å²) in [4.78, 5) is 20.7. The fourth-order valence-corrected chi connectivity index (χ4v) is 2.54. The summed E-state index contributed by atoms with van der Waals surface area (Å²) in [6.45, 7) is 0. The summed E-state index contributed by atoms with van der Waals surface area (Å²) in [7, 11) is 0. The third-order valence-electron chi connectivity index (χ3n) is 3.07. The SMILES string of the molecule is O=C(Nc1cnc(-c2ccccc2)nc1)c1cc(Cl)cc(Cl)c1. The molecule has 2 aromatic carbocycles. The van der Waals surface area contributed by atoms with Crippen molar-refractivity contribution in [1.82, 2.24) is 9.97 Å². The molecular formula is C17H11Cl2N3O. The van der Waals surface area contributed by atoms with E-state index in [9.17, 15) is 4.79 Å². The molecule has 1 amide bonds. The molecule has 4 nitrogen and oxygen atoms in total. The first-order chi connectivity index (χ1) is 11.1. The molecule has 114 valence electrons. The van der Waals surface area contributed by atoms with E-state index in [1.54, 1.807) is 30.6 Å². The number of hydrogen-bond acceptors (Lipinski definition) is 3. The fraction of sp³-hybridized carbons (Fsp3) is 0. The van der Waals surface area contributed by atoms with Crippen molar-refractivity contribution in [1.29, 1.82) is 0 Å². The van der Waals surface area contributed by atoms with E-state index in [0.29, 0.717) is 27.1 Å². The van der Waals surface area contributed by atoms with Gasteiger partial charge in [-0.25, -0.2) is 9.97 Å². The summed E-state index contributed by atoms with van der Waals surface area (Å²) in [6.07, 6.45) is 3.11. The summed E-state index contributed by atoms with van der Waals surface area (Å²) in [5, 5.41) is 3.51. The molecule has 0 unspecified atom stereocenters. The normalized spacial score (nSPS) is 10.3. The monoisotopic (exact) mass is 343 g/mol. The van der Waals surface area contributed by atoms with Gasteiger partial charge in [-0.1, -0.05) is 53.5 Å². The van der Waals surface area contributed by atoms with E-state index in [0.717, 1.165) is 5.56 Å². The number of nitrogens with one attached hydrogen (secondary N) is 1. The lowest BCUT2D eigenvalue weighted by molar-refractivity contribution is 0.102. The zero-order valence-corrected chi connectivity index (χ0v) is 13.3. The average molecular weight is 344 g/mol. The van der Waals surface area contributed by atoms with Gasteiger partial charge in [0.1, 0.15) is 0 Å². The lowest BCUT2D eigenvalue weighted by Gasteiger charge is -2.06. The van der Waals surface area contributed by atoms with E-state index in [2.05, 4.69) is 15.3 Å². The van der Waals surface area contributed by atoms with Crippen molar-refractivity contribution >= 4 is 34.8 Å². The Bertz CT molecular complexity index is 816. The second-order valence-electron chi connectivity index (χ2n) is 4.77. The van der Waals surface area contributed by atoms with Crippen LogP contribution in [-0.4, -0.2) is 15.9 Å². The van der Waals surface area contributed by atoms with Gasteiger partial charge in [-0.15, -0.1) is 0 Å². The second-order valence-corrected chi connectivity index (χ2v) is 5.65. The van der Waals surface area contributed by atoms with Crippen LogP contribution in [-0.2, 0) is 0 Å². The Kier molecular flexibility index (Phi) is 4.55. The largest absolute Gasteiger partial charge is 0.319 e. The van der Waals surface area contributed by atoms with Crippen molar-refractivity contribution < 1.29 is 4.79 Å². The van der Waals surface area contributed by atoms with Crippen LogP contribution in [0.5, 0.6) is 0 Å². The number of halogens is 2. The number of hydrogen-bond donors (Lipinski definition) is 1. The molecule has 6 heteroatoms. The first-order valence-electron chi connectivity index (χ1n) is 6.77. The molecule has 3 rings (SSSR count). The molecule has 3 aromatic rings. The number of anilines is 1. The second kappa shape index (κ2) is 6.77. The highest BCUT2D eigenvalue weighted by atomic mass is 35.5. The smallest absolute Gasteiger partial charge is 0.255 e. The van der Waals surface area contributed by atoms with Crippen molar-refractivity contribution in [3.63, 3.8) is 0 Å². The molecular weight excluding hydrogens is 333 g/mol. The van der Waals surface area contributed by atoms with E-state index in [-0.39, 0.29) is 5.91 Å². The maximum absolute atomic E-state index is 12.2. The summed E-state index contributed by atoms with van der Waals surface area (Å²) in [5.74, 6) is 0.264. The Balaban J connectivity index is 1.77. The van der Waals surface area contributed by atoms with Gasteiger partial charge in [-0.3, -0.25) is 4.79 Å². The van der Waals surface area contributed by atoms with Crippen LogP contribution in [0.2, 0.25) is 10.0 Å². The molecule has 0 aliphatic heterocycles. The van der Waals surface area contributed by atoms with Gasteiger partial charge in [-0.2, -0.15) is 0 Å². The molecule has 0 saturated carbocycles. The molecule has 23 heavy (non-hydrogen) atoms. The minimum absolute atomic E-state index is 0.328. The number of rotatable bonds is 3. The van der Waals surface area contributed by atoms with E-state index in [4.69, 9.17) is 23.2 Å². The van der Waals surface area contributed by atoms with E-state index < -0.39 is 0 Å². The average Bonchev–Trinajstić information content (AvgIpc) is 2.55. The first kappa shape index (κ1) is 15.5. The minimum atomic E-state index is -0.328. The van der Waals surface area contributed by atoms with Gasteiger partial charge in [0.05, 0.1) is 18.1 Å². The third-order valence-corrected chi connectivity index (χ3v) is 3.50. The summed E-state index contributed by atoms with van der Waals surface area (Å²) < 4.78 is 0. The van der Waals surface area contributed by atoms with Crippen molar-refractivity contribution in [2.45, 2.75) is 0 Å². The van der Waals surface area contributed by atoms with E-state index >= 15 is 0 Å². The van der Waals surface area contributed by atoms with Gasteiger partial charge in [0.2, 0.25) is 0 Å². The highest BCUT2D eigenvalue weighted by Crippen LogP contribution is 2.20. The quantitative estimate of drug-likeness (QED) is 0.749. The van der Waals surface area contributed by atoms with Crippen LogP contribution in [0.1, 0.15) is 10.4 Å². The van der Waals surface area contributed by atoms with Crippen LogP contribution in [0, 0.1) is 0 Å². The number of benzene rings is 2. The van der Waals surface area contributed by atoms with Crippen LogP contribution >= 0.6 is 23.2 Å². The van der Waals surface area contributed by atoms with Gasteiger partial charge in [0, 0.05) is 21.2 Å². The molecule has 1 aromatic heterocycles. The first-order valence-corrected chi connectivity index (χ1v) is 7.52. The Labute approximate surface area is 143 Å². The predicted molar refractivity (Wildman–Crippen MR) is 91.9 cm³/mol. The number of carbonyl (C=O) groups excluding carboxylic acids is 1. The topological polar surface area (TPSA) is 54.9 Å². The Morgan fingerprint density at radius 3 is 2.13 bits per heavy atom. The van der Waals surface area contributed by atoms with Crippen LogP contribution < -0.4 is 5.32 Å². The van der Waals surface area contributed by atoms with E-state index in [1.165, 1.54) is 0 Å². The molecule has 0 aliphatic carbocycles. The van der Waals surface area contributed by atoms with Gasteiger partial charge in [0.25, 0.3) is 5.91 Å². The Hall–Kier alpha value is -2.43. The molecule has 0 radical (unpaired) electrons. The molecule has 0 fully saturated rings. The standard InChI is InChI=1S/C17H11Cl2N3O/c18-13-6-12(7-14(19)8-13)17(23)22-15-9-20-16(21-10-15)11-4-2-1-3-5-11/h1-10H,(H,22,23). The van der Waals surface area contributed by atoms with Gasteiger partial charge in [0.15, 0.2) is 5.82 Å². The number of carbonyl (C=O) groups is 1. The number of amides is 1. The maximum Gasteiger partial charge on any atom is 0.255 e. The van der Waals surface area contributed by atoms with Crippen LogP contribution in [0.4, 0.5) is 5.69 Å². The molecule has 0 atom stereocenters. The predicted octanol–water partition coefficient (Wildman–Crippen LogP) is 4.70. The van der Waals surface area contributed by atoms with Crippen molar-refractivity contribution in [2.75, 3.05) is 5.32 Å². The van der Waals surface area contributed by atoms with Gasteiger partial charge < -0.3 is 5.32 Å². The van der Waals surface area contributed by atoms with E-state index in [1.807, 2.05) is 30.3 Å². The zero-order valence-electron chi connectivity index (χ0n) is 11.8. The zero-order chi connectivity index (χ0) is 16.2. The molecule has 1 heterocycles. The fourth-order valence-electron chi connectivity index (χ4n) is 2.02. The Morgan fingerprint density at radius 1 is 0.913 bits per heavy atom. The molecule has 1 N–H and O–H groups in total. The molecule has 0 spiro atoms. The van der Waals surface area contributed by atoms with Crippen LogP contribution in [0.25, 0.3) is 11.4 Å². The third kappa shape index (κ3) is 3.86. The van der Waals surface area contributed by atoms with Crippen molar-refractivity contribution in [3.8, 4) is 11.4 Å². The highest BCUT2D eigenvalue weighted by molar-refractivity contribution is 6.35. The lowest BCUT2D eigenvalue weighted by Crippen LogP contribution is -2.12. The van der Waals surface area contributed by atoms with Crippen molar-refractivity contribution in [3.05, 3.63) is 76.5 Å². The van der Waals surface area contributed by atoms with Gasteiger partial charge in [-0.05, 0) is 18.2 Å². The molecule has 0 bridgehead atoms.